The smallest absolute Gasteiger partial charge is 0.319 e. The Balaban J connectivity index is 1.45. The minimum atomic E-state index is -0.361. The summed E-state index contributed by atoms with van der Waals surface area (Å²) in [6.45, 7) is 1.48. The third kappa shape index (κ3) is 5.79. The first-order chi connectivity index (χ1) is 13.5. The Morgan fingerprint density at radius 2 is 1.61 bits per heavy atom. The van der Waals surface area contributed by atoms with Crippen molar-refractivity contribution >= 4 is 17.6 Å². The maximum Gasteiger partial charge on any atom is 0.319 e. The summed E-state index contributed by atoms with van der Waals surface area (Å²) in [7, 11) is 0. The van der Waals surface area contributed by atoms with Crippen LogP contribution in [0.5, 0.6) is 0 Å². The minimum Gasteiger partial charge on any atom is -0.393 e. The molecule has 2 aromatic carbocycles. The van der Waals surface area contributed by atoms with Gasteiger partial charge >= 0.3 is 6.03 Å². The van der Waals surface area contributed by atoms with E-state index in [0.29, 0.717) is 44.6 Å². The monoisotopic (exact) mass is 385 g/mol. The number of carbonyl (C=O) groups excluding carboxylic acids is 2. The van der Waals surface area contributed by atoms with Gasteiger partial charge in [-0.25, -0.2) is 9.18 Å². The number of nitrogens with zero attached hydrogens (tertiary/aromatic N) is 1. The van der Waals surface area contributed by atoms with E-state index in [2.05, 4.69) is 10.6 Å². The summed E-state index contributed by atoms with van der Waals surface area (Å²) in [5.41, 5.74) is 2.29. The van der Waals surface area contributed by atoms with Crippen LogP contribution in [0.1, 0.15) is 24.0 Å². The summed E-state index contributed by atoms with van der Waals surface area (Å²) in [4.78, 5) is 26.1. The van der Waals surface area contributed by atoms with Crippen LogP contribution in [0.3, 0.4) is 0 Å². The molecule has 2 aromatic rings. The van der Waals surface area contributed by atoms with Crippen molar-refractivity contribution in [1.29, 1.82) is 0 Å². The summed E-state index contributed by atoms with van der Waals surface area (Å²) in [6.07, 6.45) is 1.25. The molecule has 0 atom stereocenters. The molecule has 1 heterocycles. The van der Waals surface area contributed by atoms with Gasteiger partial charge in [0.15, 0.2) is 0 Å². The van der Waals surface area contributed by atoms with Crippen molar-refractivity contribution in [2.75, 3.05) is 18.4 Å². The Morgan fingerprint density at radius 1 is 1.00 bits per heavy atom. The molecule has 0 spiro atoms. The zero-order valence-corrected chi connectivity index (χ0v) is 15.5. The number of carbonyl (C=O) groups is 2. The van der Waals surface area contributed by atoms with E-state index in [9.17, 15) is 19.1 Å². The summed E-state index contributed by atoms with van der Waals surface area (Å²) >= 11 is 0. The molecule has 0 aromatic heterocycles. The standard InChI is InChI=1S/C21H24FN3O3/c22-17-5-1-16(2-6-17)14-23-21(28)24-18-7-3-15(4-8-18)13-20(27)25-11-9-19(26)10-12-25/h1-8,19,26H,9-14H2,(H2,23,24,28). The van der Waals surface area contributed by atoms with Crippen LogP contribution in [0.25, 0.3) is 0 Å². The normalized spacial score (nSPS) is 14.6. The number of nitrogens with one attached hydrogen (secondary N) is 2. The van der Waals surface area contributed by atoms with Gasteiger partial charge in [-0.2, -0.15) is 0 Å². The van der Waals surface area contributed by atoms with Crippen LogP contribution in [-0.4, -0.2) is 41.1 Å². The molecule has 0 saturated carbocycles. The summed E-state index contributed by atoms with van der Waals surface area (Å²) < 4.78 is 12.9. The number of likely N-dealkylation sites (tertiary alicyclic amines) is 1. The van der Waals surface area contributed by atoms with E-state index in [1.807, 2.05) is 12.1 Å². The summed E-state index contributed by atoms with van der Waals surface area (Å²) in [5, 5.41) is 15.0. The van der Waals surface area contributed by atoms with E-state index in [1.165, 1.54) is 12.1 Å². The van der Waals surface area contributed by atoms with Crippen molar-refractivity contribution in [3.05, 3.63) is 65.5 Å². The fourth-order valence-electron chi connectivity index (χ4n) is 3.07. The molecule has 0 bridgehead atoms. The van der Waals surface area contributed by atoms with Gasteiger partial charge in [-0.3, -0.25) is 4.79 Å². The molecule has 28 heavy (non-hydrogen) atoms. The minimum absolute atomic E-state index is 0.0460. The van der Waals surface area contributed by atoms with Gasteiger partial charge in [-0.05, 0) is 48.2 Å². The highest BCUT2D eigenvalue weighted by molar-refractivity contribution is 5.89. The molecule has 0 radical (unpaired) electrons. The predicted octanol–water partition coefficient (Wildman–Crippen LogP) is 2.67. The summed E-state index contributed by atoms with van der Waals surface area (Å²) in [5.74, 6) is -0.269. The molecule has 3 rings (SSSR count). The maximum absolute atomic E-state index is 12.9. The lowest BCUT2D eigenvalue weighted by molar-refractivity contribution is -0.132. The molecule has 7 heteroatoms. The van der Waals surface area contributed by atoms with Crippen LogP contribution in [0, 0.1) is 5.82 Å². The van der Waals surface area contributed by atoms with Crippen molar-refractivity contribution in [3.8, 4) is 0 Å². The van der Waals surface area contributed by atoms with E-state index in [-0.39, 0.29) is 23.9 Å². The van der Waals surface area contributed by atoms with Crippen molar-refractivity contribution in [2.24, 2.45) is 0 Å². The third-order valence-corrected chi connectivity index (χ3v) is 4.75. The number of halogens is 1. The van der Waals surface area contributed by atoms with Crippen LogP contribution < -0.4 is 10.6 Å². The van der Waals surface area contributed by atoms with Crippen LogP contribution in [-0.2, 0) is 17.8 Å². The van der Waals surface area contributed by atoms with Crippen molar-refractivity contribution in [2.45, 2.75) is 31.9 Å². The number of aliphatic hydroxyl groups excluding tert-OH is 1. The van der Waals surface area contributed by atoms with Gasteiger partial charge in [-0.15, -0.1) is 0 Å². The third-order valence-electron chi connectivity index (χ3n) is 4.75. The number of rotatable bonds is 5. The Bertz CT molecular complexity index is 801. The Labute approximate surface area is 163 Å². The molecule has 0 aliphatic carbocycles. The largest absolute Gasteiger partial charge is 0.393 e. The van der Waals surface area contributed by atoms with Gasteiger partial charge in [0.05, 0.1) is 12.5 Å². The molecule has 6 nitrogen and oxygen atoms in total. The van der Waals surface area contributed by atoms with E-state index in [0.717, 1.165) is 11.1 Å². The fourth-order valence-corrected chi connectivity index (χ4v) is 3.07. The number of amides is 3. The number of anilines is 1. The molecular weight excluding hydrogens is 361 g/mol. The SMILES string of the molecule is O=C(NCc1ccc(F)cc1)Nc1ccc(CC(=O)N2CCC(O)CC2)cc1. The summed E-state index contributed by atoms with van der Waals surface area (Å²) in [6, 6.07) is 12.7. The molecule has 3 N–H and O–H groups in total. The highest BCUT2D eigenvalue weighted by atomic mass is 19.1. The van der Waals surface area contributed by atoms with Crippen molar-refractivity contribution < 1.29 is 19.1 Å². The number of benzene rings is 2. The quantitative estimate of drug-likeness (QED) is 0.740. The lowest BCUT2D eigenvalue weighted by Gasteiger charge is -2.29. The van der Waals surface area contributed by atoms with Gasteiger partial charge in [0.2, 0.25) is 5.91 Å². The van der Waals surface area contributed by atoms with E-state index in [1.54, 1.807) is 29.2 Å². The lowest BCUT2D eigenvalue weighted by Crippen LogP contribution is -2.40. The van der Waals surface area contributed by atoms with Gasteiger partial charge in [0, 0.05) is 25.3 Å². The second-order valence-corrected chi connectivity index (χ2v) is 6.92. The number of urea groups is 1. The van der Waals surface area contributed by atoms with Gasteiger partial charge in [-0.1, -0.05) is 24.3 Å². The first kappa shape index (κ1) is 19.8. The molecule has 1 saturated heterocycles. The van der Waals surface area contributed by atoms with Crippen LogP contribution in [0.4, 0.5) is 14.9 Å². The van der Waals surface area contributed by atoms with E-state index in [4.69, 9.17) is 0 Å². The molecule has 148 valence electrons. The first-order valence-corrected chi connectivity index (χ1v) is 9.33. The molecule has 1 aliphatic heterocycles. The van der Waals surface area contributed by atoms with E-state index >= 15 is 0 Å². The van der Waals surface area contributed by atoms with Gasteiger partial charge in [0.1, 0.15) is 5.82 Å². The number of hydrogen-bond donors (Lipinski definition) is 3. The number of hydrogen-bond acceptors (Lipinski definition) is 3. The van der Waals surface area contributed by atoms with Gasteiger partial charge in [0.25, 0.3) is 0 Å². The van der Waals surface area contributed by atoms with Crippen LogP contribution >= 0.6 is 0 Å². The zero-order chi connectivity index (χ0) is 19.9. The molecular formula is C21H24FN3O3. The topological polar surface area (TPSA) is 81.7 Å². The average Bonchev–Trinajstić information content (AvgIpc) is 2.69. The van der Waals surface area contributed by atoms with Gasteiger partial charge < -0.3 is 20.6 Å². The highest BCUT2D eigenvalue weighted by Gasteiger charge is 2.21. The maximum atomic E-state index is 12.9. The molecule has 3 amide bonds. The van der Waals surface area contributed by atoms with Crippen LogP contribution in [0.2, 0.25) is 0 Å². The van der Waals surface area contributed by atoms with Crippen LogP contribution in [0.15, 0.2) is 48.5 Å². The molecule has 1 fully saturated rings. The fraction of sp³-hybridized carbons (Fsp3) is 0.333. The highest BCUT2D eigenvalue weighted by Crippen LogP contribution is 2.14. The van der Waals surface area contributed by atoms with E-state index < -0.39 is 0 Å². The average molecular weight is 385 g/mol. The van der Waals surface area contributed by atoms with Crippen molar-refractivity contribution in [3.63, 3.8) is 0 Å². The van der Waals surface area contributed by atoms with Crippen molar-refractivity contribution in [1.82, 2.24) is 10.2 Å². The lowest BCUT2D eigenvalue weighted by atomic mass is 10.1. The number of aliphatic hydroxyl groups is 1. The first-order valence-electron chi connectivity index (χ1n) is 9.33. The molecule has 1 aliphatic rings. The second kappa shape index (κ2) is 9.32. The Kier molecular flexibility index (Phi) is 6.60. The molecule has 0 unspecified atom stereocenters. The zero-order valence-electron chi connectivity index (χ0n) is 15.5. The Morgan fingerprint density at radius 3 is 2.25 bits per heavy atom. The number of piperidine rings is 1. The Hall–Kier alpha value is -2.93. The predicted molar refractivity (Wildman–Crippen MR) is 104 cm³/mol. The second-order valence-electron chi connectivity index (χ2n) is 6.92.